The third kappa shape index (κ3) is 4.87. The molecule has 2 rings (SSSR count). The molecule has 0 aliphatic rings. The molecule has 1 heterocycles. The molecule has 1 aromatic heterocycles. The van der Waals surface area contributed by atoms with E-state index < -0.39 is 4.92 Å². The van der Waals surface area contributed by atoms with Crippen LogP contribution in [0.1, 0.15) is 18.4 Å². The van der Waals surface area contributed by atoms with Gasteiger partial charge in [-0.1, -0.05) is 0 Å². The fourth-order valence-electron chi connectivity index (χ4n) is 2.37. The van der Waals surface area contributed by atoms with Crippen LogP contribution in [-0.2, 0) is 18.3 Å². The molecule has 0 aliphatic heterocycles. The van der Waals surface area contributed by atoms with Gasteiger partial charge in [0.15, 0.2) is 0 Å². The largest absolute Gasteiger partial charge is 0.385 e. The van der Waals surface area contributed by atoms with Gasteiger partial charge in [-0.3, -0.25) is 14.8 Å². The third-order valence-electron chi connectivity index (χ3n) is 3.52. The smallest absolute Gasteiger partial charge is 0.269 e. The zero-order valence-corrected chi connectivity index (χ0v) is 13.5. The predicted octanol–water partition coefficient (Wildman–Crippen LogP) is 2.51. The fraction of sp³-hybridized carbons (Fsp3) is 0.438. The van der Waals surface area contributed by atoms with Crippen molar-refractivity contribution in [3.05, 3.63) is 46.1 Å². The SMILES string of the molecule is COCCCCNCc1cn(C)nc1-c1ccc([N+](=O)[O-])cc1. The van der Waals surface area contributed by atoms with E-state index in [0.717, 1.165) is 42.8 Å². The molecule has 1 N–H and O–H groups in total. The molecule has 124 valence electrons. The molecule has 0 saturated carbocycles. The molecule has 0 bridgehead atoms. The van der Waals surface area contributed by atoms with Gasteiger partial charge in [-0.05, 0) is 31.5 Å². The normalized spacial score (nSPS) is 10.9. The minimum absolute atomic E-state index is 0.0856. The molecule has 7 nitrogen and oxygen atoms in total. The van der Waals surface area contributed by atoms with Crippen LogP contribution in [0.4, 0.5) is 5.69 Å². The number of nitro benzene ring substituents is 1. The number of rotatable bonds is 9. The number of hydrogen-bond donors (Lipinski definition) is 1. The quantitative estimate of drug-likeness (QED) is 0.436. The van der Waals surface area contributed by atoms with Crippen LogP contribution in [0.15, 0.2) is 30.5 Å². The number of unbranched alkanes of at least 4 members (excludes halogenated alkanes) is 1. The number of hydrogen-bond acceptors (Lipinski definition) is 5. The van der Waals surface area contributed by atoms with E-state index in [1.54, 1.807) is 23.9 Å². The molecule has 0 radical (unpaired) electrons. The summed E-state index contributed by atoms with van der Waals surface area (Å²) in [5.74, 6) is 0. The Morgan fingerprint density at radius 1 is 1.30 bits per heavy atom. The number of nitrogens with zero attached hydrogens (tertiary/aromatic N) is 3. The van der Waals surface area contributed by atoms with Gasteiger partial charge in [0.05, 0.1) is 10.6 Å². The van der Waals surface area contributed by atoms with E-state index in [1.807, 2.05) is 13.2 Å². The topological polar surface area (TPSA) is 82.2 Å². The summed E-state index contributed by atoms with van der Waals surface area (Å²) in [5.41, 5.74) is 2.90. The van der Waals surface area contributed by atoms with Gasteiger partial charge in [0.25, 0.3) is 5.69 Å². The van der Waals surface area contributed by atoms with Crippen molar-refractivity contribution in [1.82, 2.24) is 15.1 Å². The summed E-state index contributed by atoms with van der Waals surface area (Å²) in [6, 6.07) is 6.49. The first kappa shape index (κ1) is 17.1. The van der Waals surface area contributed by atoms with Crippen molar-refractivity contribution in [2.75, 3.05) is 20.3 Å². The first-order valence-electron chi connectivity index (χ1n) is 7.59. The van der Waals surface area contributed by atoms with Crippen LogP contribution < -0.4 is 5.32 Å². The van der Waals surface area contributed by atoms with E-state index in [-0.39, 0.29) is 5.69 Å². The van der Waals surface area contributed by atoms with Gasteiger partial charge < -0.3 is 10.1 Å². The summed E-state index contributed by atoms with van der Waals surface area (Å²) in [6.07, 6.45) is 4.06. The second-order valence-electron chi connectivity index (χ2n) is 5.36. The molecule has 2 aromatic rings. The third-order valence-corrected chi connectivity index (χ3v) is 3.52. The predicted molar refractivity (Wildman–Crippen MR) is 88.1 cm³/mol. The van der Waals surface area contributed by atoms with Crippen molar-refractivity contribution in [3.8, 4) is 11.3 Å². The maximum Gasteiger partial charge on any atom is 0.269 e. The van der Waals surface area contributed by atoms with E-state index in [0.29, 0.717) is 6.54 Å². The average molecular weight is 318 g/mol. The Bertz CT molecular complexity index is 637. The van der Waals surface area contributed by atoms with Crippen LogP contribution >= 0.6 is 0 Å². The summed E-state index contributed by atoms with van der Waals surface area (Å²) in [7, 11) is 3.58. The van der Waals surface area contributed by atoms with Gasteiger partial charge in [0.2, 0.25) is 0 Å². The molecule has 0 fully saturated rings. The molecule has 0 saturated heterocycles. The zero-order valence-electron chi connectivity index (χ0n) is 13.5. The van der Waals surface area contributed by atoms with Gasteiger partial charge in [0, 0.05) is 56.8 Å². The average Bonchev–Trinajstić information content (AvgIpc) is 2.91. The first-order chi connectivity index (χ1) is 11.1. The number of nitro groups is 1. The Hall–Kier alpha value is -2.25. The van der Waals surface area contributed by atoms with Crippen LogP contribution in [0.5, 0.6) is 0 Å². The monoisotopic (exact) mass is 318 g/mol. The highest BCUT2D eigenvalue weighted by molar-refractivity contribution is 5.64. The minimum atomic E-state index is -0.398. The lowest BCUT2D eigenvalue weighted by Crippen LogP contribution is -2.15. The Labute approximate surface area is 135 Å². The highest BCUT2D eigenvalue weighted by atomic mass is 16.6. The number of nitrogens with one attached hydrogen (secondary N) is 1. The number of aromatic nitrogens is 2. The van der Waals surface area contributed by atoms with Crippen molar-refractivity contribution >= 4 is 5.69 Å². The van der Waals surface area contributed by atoms with E-state index in [1.165, 1.54) is 12.1 Å². The van der Waals surface area contributed by atoms with Crippen LogP contribution in [0.2, 0.25) is 0 Å². The van der Waals surface area contributed by atoms with Crippen LogP contribution in [0.3, 0.4) is 0 Å². The number of ether oxygens (including phenoxy) is 1. The lowest BCUT2D eigenvalue weighted by molar-refractivity contribution is -0.384. The lowest BCUT2D eigenvalue weighted by Gasteiger charge is -2.05. The lowest BCUT2D eigenvalue weighted by atomic mass is 10.1. The van der Waals surface area contributed by atoms with Gasteiger partial charge in [-0.25, -0.2) is 0 Å². The summed E-state index contributed by atoms with van der Waals surface area (Å²) < 4.78 is 6.79. The Balaban J connectivity index is 2.00. The van der Waals surface area contributed by atoms with Crippen LogP contribution in [0, 0.1) is 10.1 Å². The van der Waals surface area contributed by atoms with Crippen molar-refractivity contribution in [1.29, 1.82) is 0 Å². The summed E-state index contributed by atoms with van der Waals surface area (Å²) in [5, 5.41) is 18.6. The molecule has 1 aromatic carbocycles. The molecule has 0 aliphatic carbocycles. The second kappa shape index (κ2) is 8.40. The number of non-ortho nitro benzene ring substituents is 1. The van der Waals surface area contributed by atoms with Crippen LogP contribution in [-0.4, -0.2) is 35.0 Å². The standard InChI is InChI=1S/C16H22N4O3/c1-19-12-14(11-17-9-3-4-10-23-2)16(18-19)13-5-7-15(8-6-13)20(21)22/h5-8,12,17H,3-4,9-11H2,1-2H3. The Kier molecular flexibility index (Phi) is 6.25. The summed E-state index contributed by atoms with van der Waals surface area (Å²) in [6.45, 7) is 2.41. The molecular formula is C16H22N4O3. The highest BCUT2D eigenvalue weighted by Gasteiger charge is 2.12. The summed E-state index contributed by atoms with van der Waals surface area (Å²) >= 11 is 0. The van der Waals surface area contributed by atoms with Crippen molar-refractivity contribution in [2.45, 2.75) is 19.4 Å². The van der Waals surface area contributed by atoms with Crippen molar-refractivity contribution in [2.24, 2.45) is 7.05 Å². The van der Waals surface area contributed by atoms with E-state index in [4.69, 9.17) is 4.74 Å². The molecule has 23 heavy (non-hydrogen) atoms. The molecule has 0 atom stereocenters. The molecule has 0 unspecified atom stereocenters. The molecule has 0 spiro atoms. The number of benzene rings is 1. The first-order valence-corrected chi connectivity index (χ1v) is 7.59. The van der Waals surface area contributed by atoms with E-state index >= 15 is 0 Å². The zero-order chi connectivity index (χ0) is 16.7. The Morgan fingerprint density at radius 2 is 2.04 bits per heavy atom. The molecule has 0 amide bonds. The van der Waals surface area contributed by atoms with Crippen molar-refractivity contribution < 1.29 is 9.66 Å². The maximum atomic E-state index is 10.7. The highest BCUT2D eigenvalue weighted by Crippen LogP contribution is 2.24. The molecule has 7 heteroatoms. The van der Waals surface area contributed by atoms with Crippen molar-refractivity contribution in [3.63, 3.8) is 0 Å². The van der Waals surface area contributed by atoms with Gasteiger partial charge >= 0.3 is 0 Å². The van der Waals surface area contributed by atoms with Gasteiger partial charge in [-0.15, -0.1) is 0 Å². The minimum Gasteiger partial charge on any atom is -0.385 e. The Morgan fingerprint density at radius 3 is 2.70 bits per heavy atom. The van der Waals surface area contributed by atoms with Gasteiger partial charge in [0.1, 0.15) is 0 Å². The van der Waals surface area contributed by atoms with E-state index in [9.17, 15) is 10.1 Å². The maximum absolute atomic E-state index is 10.7. The fourth-order valence-corrected chi connectivity index (χ4v) is 2.37. The molecular weight excluding hydrogens is 296 g/mol. The second-order valence-corrected chi connectivity index (χ2v) is 5.36. The van der Waals surface area contributed by atoms with Crippen LogP contribution in [0.25, 0.3) is 11.3 Å². The summed E-state index contributed by atoms with van der Waals surface area (Å²) in [4.78, 5) is 10.3. The number of methoxy groups -OCH3 is 1. The van der Waals surface area contributed by atoms with E-state index in [2.05, 4.69) is 10.4 Å². The van der Waals surface area contributed by atoms with Gasteiger partial charge in [-0.2, -0.15) is 5.10 Å². The number of aryl methyl sites for hydroxylation is 1.